The summed E-state index contributed by atoms with van der Waals surface area (Å²) in [5.41, 5.74) is 11.6. The highest BCUT2D eigenvalue weighted by atomic mass is 32.1. The van der Waals surface area contributed by atoms with Gasteiger partial charge < -0.3 is 37.6 Å². The van der Waals surface area contributed by atoms with Crippen molar-refractivity contribution in [2.45, 2.75) is 56.3 Å². The molecule has 0 fully saturated rings. The molecular formula is C22H31N5O8S. The van der Waals surface area contributed by atoms with Crippen molar-refractivity contribution in [1.29, 1.82) is 0 Å². The maximum absolute atomic E-state index is 13.0. The molecule has 4 unspecified atom stereocenters. The quantitative estimate of drug-likeness (QED) is 0.113. The number of thiol groups is 1. The van der Waals surface area contributed by atoms with Crippen LogP contribution < -0.4 is 27.4 Å². The van der Waals surface area contributed by atoms with E-state index >= 15 is 0 Å². The van der Waals surface area contributed by atoms with Crippen molar-refractivity contribution in [3.63, 3.8) is 0 Å². The van der Waals surface area contributed by atoms with Crippen LogP contribution in [0.5, 0.6) is 0 Å². The van der Waals surface area contributed by atoms with Gasteiger partial charge in [0.05, 0.1) is 6.04 Å². The molecule has 0 aliphatic carbocycles. The molecule has 4 atom stereocenters. The fourth-order valence-electron chi connectivity index (χ4n) is 3.03. The number of benzene rings is 1. The first-order chi connectivity index (χ1) is 16.9. The average Bonchev–Trinajstić information content (AvgIpc) is 2.82. The zero-order valence-electron chi connectivity index (χ0n) is 19.4. The number of carbonyl (C=O) groups excluding carboxylic acids is 4. The number of carbonyl (C=O) groups is 6. The molecule has 0 spiro atoms. The van der Waals surface area contributed by atoms with Gasteiger partial charge in [-0.2, -0.15) is 12.6 Å². The third-order valence-electron chi connectivity index (χ3n) is 5.03. The molecule has 0 saturated carbocycles. The predicted octanol–water partition coefficient (Wildman–Crippen LogP) is -1.84. The van der Waals surface area contributed by atoms with E-state index in [4.69, 9.17) is 16.6 Å². The van der Waals surface area contributed by atoms with E-state index in [2.05, 4.69) is 28.6 Å². The van der Waals surface area contributed by atoms with Crippen molar-refractivity contribution in [3.8, 4) is 0 Å². The largest absolute Gasteiger partial charge is 0.481 e. The third-order valence-corrected chi connectivity index (χ3v) is 5.40. The second-order valence-electron chi connectivity index (χ2n) is 7.94. The van der Waals surface area contributed by atoms with Gasteiger partial charge in [0.2, 0.25) is 23.6 Å². The highest BCUT2D eigenvalue weighted by Crippen LogP contribution is 2.06. The lowest BCUT2D eigenvalue weighted by atomic mass is 10.0. The normalized spacial score (nSPS) is 13.9. The molecule has 9 N–H and O–H groups in total. The summed E-state index contributed by atoms with van der Waals surface area (Å²) in [6.45, 7) is 0. The third kappa shape index (κ3) is 11.2. The summed E-state index contributed by atoms with van der Waals surface area (Å²) in [4.78, 5) is 71.2. The van der Waals surface area contributed by atoms with Gasteiger partial charge in [0, 0.05) is 25.0 Å². The minimum Gasteiger partial charge on any atom is -0.481 e. The maximum atomic E-state index is 13.0. The first-order valence-electron chi connectivity index (χ1n) is 11.0. The van der Waals surface area contributed by atoms with Gasteiger partial charge in [-0.3, -0.25) is 24.0 Å². The van der Waals surface area contributed by atoms with Gasteiger partial charge in [0.1, 0.15) is 18.1 Å². The molecule has 0 bridgehead atoms. The molecular weight excluding hydrogens is 494 g/mol. The number of carboxylic acids is 2. The van der Waals surface area contributed by atoms with E-state index in [1.54, 1.807) is 30.3 Å². The van der Waals surface area contributed by atoms with E-state index in [0.29, 0.717) is 5.56 Å². The van der Waals surface area contributed by atoms with Gasteiger partial charge in [-0.05, 0) is 18.4 Å². The summed E-state index contributed by atoms with van der Waals surface area (Å²) < 4.78 is 0. The molecule has 1 aromatic rings. The number of aliphatic carboxylic acids is 2. The molecule has 0 aromatic heterocycles. The molecule has 0 saturated heterocycles. The van der Waals surface area contributed by atoms with Gasteiger partial charge >= 0.3 is 11.9 Å². The smallest absolute Gasteiger partial charge is 0.326 e. The molecule has 0 aliphatic rings. The van der Waals surface area contributed by atoms with E-state index in [9.17, 15) is 33.9 Å². The summed E-state index contributed by atoms with van der Waals surface area (Å²) in [6.07, 6.45) is -0.970. The second kappa shape index (κ2) is 15.4. The van der Waals surface area contributed by atoms with E-state index in [1.165, 1.54) is 0 Å². The maximum Gasteiger partial charge on any atom is 0.326 e. The van der Waals surface area contributed by atoms with Gasteiger partial charge in [0.25, 0.3) is 0 Å². The SMILES string of the molecule is NC(=O)CCC(N)C(=O)NC(Cc1ccccc1)C(=O)NC(CS)C(=O)NC(CCC(=O)O)C(=O)O. The number of carboxylic acid groups (broad SMARTS) is 2. The van der Waals surface area contributed by atoms with Crippen LogP contribution in [0.2, 0.25) is 0 Å². The van der Waals surface area contributed by atoms with Crippen LogP contribution >= 0.6 is 12.6 Å². The van der Waals surface area contributed by atoms with Crippen molar-refractivity contribution in [2.75, 3.05) is 5.75 Å². The first-order valence-corrected chi connectivity index (χ1v) is 11.6. The molecule has 36 heavy (non-hydrogen) atoms. The summed E-state index contributed by atoms with van der Waals surface area (Å²) >= 11 is 4.04. The molecule has 13 nitrogen and oxygen atoms in total. The van der Waals surface area contributed by atoms with Crippen LogP contribution in [0.3, 0.4) is 0 Å². The van der Waals surface area contributed by atoms with Crippen LogP contribution in [-0.2, 0) is 35.2 Å². The van der Waals surface area contributed by atoms with Crippen LogP contribution in [0.1, 0.15) is 31.2 Å². The number of rotatable bonds is 16. The van der Waals surface area contributed by atoms with E-state index in [1.807, 2.05) is 0 Å². The molecule has 0 radical (unpaired) electrons. The number of primary amides is 1. The molecule has 0 heterocycles. The number of hydrogen-bond donors (Lipinski definition) is 8. The molecule has 1 aromatic carbocycles. The monoisotopic (exact) mass is 525 g/mol. The Morgan fingerprint density at radius 1 is 0.806 bits per heavy atom. The second-order valence-corrected chi connectivity index (χ2v) is 8.30. The van der Waals surface area contributed by atoms with E-state index in [-0.39, 0.29) is 31.4 Å². The van der Waals surface area contributed by atoms with Gasteiger partial charge in [-0.15, -0.1) is 0 Å². The lowest BCUT2D eigenvalue weighted by molar-refractivity contribution is -0.143. The zero-order valence-corrected chi connectivity index (χ0v) is 20.3. The van der Waals surface area contributed by atoms with Crippen molar-refractivity contribution in [2.24, 2.45) is 11.5 Å². The summed E-state index contributed by atoms with van der Waals surface area (Å²) in [5, 5.41) is 25.1. The summed E-state index contributed by atoms with van der Waals surface area (Å²) in [7, 11) is 0. The fraction of sp³-hybridized carbons (Fsp3) is 0.455. The Morgan fingerprint density at radius 3 is 1.89 bits per heavy atom. The van der Waals surface area contributed by atoms with Crippen molar-refractivity contribution >= 4 is 48.2 Å². The first kappa shape index (κ1) is 30.4. The Bertz CT molecular complexity index is 946. The number of hydrogen-bond acceptors (Lipinski definition) is 8. The van der Waals surface area contributed by atoms with Crippen LogP contribution in [0.25, 0.3) is 0 Å². The predicted molar refractivity (Wildman–Crippen MR) is 131 cm³/mol. The number of amides is 4. The van der Waals surface area contributed by atoms with Crippen molar-refractivity contribution in [1.82, 2.24) is 16.0 Å². The van der Waals surface area contributed by atoms with Gasteiger partial charge in [0.15, 0.2) is 0 Å². The highest BCUT2D eigenvalue weighted by Gasteiger charge is 2.30. The summed E-state index contributed by atoms with van der Waals surface area (Å²) in [6, 6.07) is 3.62. The molecule has 1 rings (SSSR count). The van der Waals surface area contributed by atoms with Crippen LogP contribution in [0.4, 0.5) is 0 Å². The van der Waals surface area contributed by atoms with Crippen molar-refractivity contribution < 1.29 is 39.0 Å². The summed E-state index contributed by atoms with van der Waals surface area (Å²) in [5.74, 6) is -5.88. The lowest BCUT2D eigenvalue weighted by Crippen LogP contribution is -2.58. The fourth-order valence-corrected chi connectivity index (χ4v) is 3.29. The van der Waals surface area contributed by atoms with Crippen LogP contribution in [0.15, 0.2) is 30.3 Å². The lowest BCUT2D eigenvalue weighted by Gasteiger charge is -2.24. The minimum atomic E-state index is -1.49. The Labute approximate surface area is 212 Å². The Kier molecular flexibility index (Phi) is 13.0. The standard InChI is InChI=1S/C22H31N5O8S/c23-13(6-8-17(24)28)19(31)26-15(10-12-4-2-1-3-5-12)20(32)27-16(11-36)21(33)25-14(22(34)35)7-9-18(29)30/h1-5,13-16,36H,6-11,23H2,(H2,24,28)(H,25,33)(H,26,31)(H,27,32)(H,29,30)(H,34,35). The van der Waals surface area contributed by atoms with Crippen LogP contribution in [0, 0.1) is 0 Å². The van der Waals surface area contributed by atoms with Gasteiger partial charge in [-0.1, -0.05) is 30.3 Å². The number of nitrogens with two attached hydrogens (primary N) is 2. The topological polar surface area (TPSA) is 231 Å². The molecule has 4 amide bonds. The highest BCUT2D eigenvalue weighted by molar-refractivity contribution is 7.80. The Morgan fingerprint density at radius 2 is 1.36 bits per heavy atom. The Balaban J connectivity index is 2.96. The Hall–Kier alpha value is -3.65. The average molecular weight is 526 g/mol. The van der Waals surface area contributed by atoms with E-state index in [0.717, 1.165) is 0 Å². The van der Waals surface area contributed by atoms with Crippen molar-refractivity contribution in [3.05, 3.63) is 35.9 Å². The van der Waals surface area contributed by atoms with E-state index < -0.39 is 66.2 Å². The van der Waals surface area contributed by atoms with Gasteiger partial charge in [-0.25, -0.2) is 4.79 Å². The minimum absolute atomic E-state index is 0.0323. The zero-order chi connectivity index (χ0) is 27.3. The molecule has 198 valence electrons. The number of nitrogens with one attached hydrogen (secondary N) is 3. The van der Waals surface area contributed by atoms with Crippen LogP contribution in [-0.4, -0.2) is 75.7 Å². The molecule has 14 heteroatoms. The molecule has 0 aliphatic heterocycles.